The minimum Gasteiger partial charge on any atom is -0.491 e. The number of hydrogen-bond donors (Lipinski definition) is 4. The third-order valence-electron chi connectivity index (χ3n) is 4.46. The van der Waals surface area contributed by atoms with E-state index < -0.39 is 6.17 Å². The van der Waals surface area contributed by atoms with Gasteiger partial charge in [-0.05, 0) is 12.1 Å². The van der Waals surface area contributed by atoms with Gasteiger partial charge in [0.2, 0.25) is 11.8 Å². The van der Waals surface area contributed by atoms with Gasteiger partial charge in [-0.2, -0.15) is 0 Å². The van der Waals surface area contributed by atoms with Crippen LogP contribution in [0.5, 0.6) is 5.75 Å². The van der Waals surface area contributed by atoms with Crippen LogP contribution in [-0.2, 0) is 14.3 Å². The molecule has 0 spiro atoms. The van der Waals surface area contributed by atoms with Crippen LogP contribution >= 0.6 is 0 Å². The van der Waals surface area contributed by atoms with Crippen molar-refractivity contribution in [2.24, 2.45) is 0 Å². The molecule has 0 aromatic heterocycles. The molecule has 2 unspecified atom stereocenters. The summed E-state index contributed by atoms with van der Waals surface area (Å²) in [6.45, 7) is 2.96. The number of carbonyl (C=O) groups excluding carboxylic acids is 2. The Hall–Kier alpha value is -2.20. The molecule has 9 heteroatoms. The Labute approximate surface area is 158 Å². The van der Waals surface area contributed by atoms with Gasteiger partial charge in [-0.1, -0.05) is 6.07 Å². The summed E-state index contributed by atoms with van der Waals surface area (Å²) in [7, 11) is 0. The molecule has 0 saturated carbocycles. The summed E-state index contributed by atoms with van der Waals surface area (Å²) in [5.41, 5.74) is 0.599. The molecule has 2 aliphatic rings. The molecule has 1 aromatic rings. The highest BCUT2D eigenvalue weighted by atomic mass is 16.5. The van der Waals surface area contributed by atoms with Crippen LogP contribution in [0.25, 0.3) is 0 Å². The first-order chi connectivity index (χ1) is 13.1. The van der Waals surface area contributed by atoms with Gasteiger partial charge in [0, 0.05) is 24.8 Å². The van der Waals surface area contributed by atoms with E-state index in [2.05, 4.69) is 20.9 Å². The van der Waals surface area contributed by atoms with E-state index in [0.717, 1.165) is 13.1 Å². The average molecular weight is 378 g/mol. The molecular formula is C18H26N4O5. The van der Waals surface area contributed by atoms with Crippen LogP contribution in [0.2, 0.25) is 0 Å². The first-order valence-electron chi connectivity index (χ1n) is 9.15. The van der Waals surface area contributed by atoms with Crippen molar-refractivity contribution in [3.05, 3.63) is 24.3 Å². The van der Waals surface area contributed by atoms with E-state index in [-0.39, 0.29) is 37.6 Å². The van der Waals surface area contributed by atoms with Crippen molar-refractivity contribution >= 4 is 17.5 Å². The molecule has 2 fully saturated rings. The van der Waals surface area contributed by atoms with Gasteiger partial charge in [-0.3, -0.25) is 19.8 Å². The van der Waals surface area contributed by atoms with Crippen molar-refractivity contribution in [2.75, 3.05) is 44.8 Å². The number of ether oxygens (including phenoxy) is 2. The van der Waals surface area contributed by atoms with Crippen LogP contribution in [0.1, 0.15) is 12.8 Å². The lowest BCUT2D eigenvalue weighted by Gasteiger charge is -2.40. The van der Waals surface area contributed by atoms with E-state index in [1.807, 2.05) is 0 Å². The van der Waals surface area contributed by atoms with Crippen LogP contribution < -0.4 is 20.7 Å². The molecule has 3 rings (SSSR count). The normalized spacial score (nSPS) is 23.5. The first-order valence-corrected chi connectivity index (χ1v) is 9.15. The highest BCUT2D eigenvalue weighted by Crippen LogP contribution is 2.18. The number of anilines is 1. The largest absolute Gasteiger partial charge is 0.491 e. The molecule has 4 N–H and O–H groups in total. The standard InChI is InChI=1S/C18H26N4O5/c23-6-9-27-14-3-1-2-13(10-14)19-17(24)11-15-20-16(12-18(25)21-15)22-4-7-26-8-5-22/h1-3,10,15-16,20,23H,4-9,11-12H2,(H,19,24)(H,21,25). The molecule has 2 heterocycles. The van der Waals surface area contributed by atoms with Crippen LogP contribution in [-0.4, -0.2) is 73.7 Å². The molecule has 2 aliphatic heterocycles. The van der Waals surface area contributed by atoms with Crippen molar-refractivity contribution in [1.82, 2.24) is 15.5 Å². The van der Waals surface area contributed by atoms with Gasteiger partial charge in [-0.25, -0.2) is 0 Å². The summed E-state index contributed by atoms with van der Waals surface area (Å²) in [6.07, 6.45) is -0.0278. The van der Waals surface area contributed by atoms with Crippen molar-refractivity contribution < 1.29 is 24.2 Å². The van der Waals surface area contributed by atoms with Gasteiger partial charge in [0.05, 0.1) is 45.0 Å². The molecule has 2 amide bonds. The number of nitrogens with one attached hydrogen (secondary N) is 3. The number of aliphatic hydroxyl groups excluding tert-OH is 1. The fourth-order valence-corrected chi connectivity index (χ4v) is 3.22. The zero-order chi connectivity index (χ0) is 19.1. The van der Waals surface area contributed by atoms with Gasteiger partial charge < -0.3 is 25.2 Å². The maximum atomic E-state index is 12.4. The quantitative estimate of drug-likeness (QED) is 0.505. The van der Waals surface area contributed by atoms with Crippen LogP contribution in [0.4, 0.5) is 5.69 Å². The molecule has 0 aliphatic carbocycles. The van der Waals surface area contributed by atoms with E-state index in [4.69, 9.17) is 14.6 Å². The number of hydrogen-bond acceptors (Lipinski definition) is 7. The third-order valence-corrected chi connectivity index (χ3v) is 4.46. The lowest BCUT2D eigenvalue weighted by atomic mass is 10.1. The highest BCUT2D eigenvalue weighted by molar-refractivity contribution is 5.91. The van der Waals surface area contributed by atoms with E-state index in [0.29, 0.717) is 31.1 Å². The summed E-state index contributed by atoms with van der Waals surface area (Å²) in [5.74, 6) is 0.288. The Bertz CT molecular complexity index is 650. The molecule has 27 heavy (non-hydrogen) atoms. The maximum absolute atomic E-state index is 12.4. The summed E-state index contributed by atoms with van der Waals surface area (Å²) in [6, 6.07) is 6.96. The first kappa shape index (κ1) is 19.6. The van der Waals surface area contributed by atoms with Crippen LogP contribution in [0.3, 0.4) is 0 Å². The van der Waals surface area contributed by atoms with E-state index >= 15 is 0 Å². The summed E-state index contributed by atoms with van der Waals surface area (Å²) < 4.78 is 10.7. The number of benzene rings is 1. The minimum atomic E-state index is -0.423. The second kappa shape index (κ2) is 9.65. The highest BCUT2D eigenvalue weighted by Gasteiger charge is 2.31. The van der Waals surface area contributed by atoms with Gasteiger partial charge >= 0.3 is 0 Å². The molecule has 0 bridgehead atoms. The van der Waals surface area contributed by atoms with Gasteiger partial charge in [0.25, 0.3) is 0 Å². The number of aliphatic hydroxyl groups is 1. The van der Waals surface area contributed by atoms with Crippen molar-refractivity contribution in [3.63, 3.8) is 0 Å². The van der Waals surface area contributed by atoms with Crippen LogP contribution in [0.15, 0.2) is 24.3 Å². The van der Waals surface area contributed by atoms with Crippen LogP contribution in [0, 0.1) is 0 Å². The molecular weight excluding hydrogens is 352 g/mol. The lowest BCUT2D eigenvalue weighted by Crippen LogP contribution is -2.63. The smallest absolute Gasteiger partial charge is 0.227 e. The Balaban J connectivity index is 1.52. The zero-order valence-corrected chi connectivity index (χ0v) is 15.1. The molecule has 1 aromatic carbocycles. The second-order valence-corrected chi connectivity index (χ2v) is 6.51. The predicted molar refractivity (Wildman–Crippen MR) is 98.1 cm³/mol. The second-order valence-electron chi connectivity index (χ2n) is 6.51. The molecule has 0 radical (unpaired) electrons. The van der Waals surface area contributed by atoms with Gasteiger partial charge in [0.1, 0.15) is 12.4 Å². The molecule has 2 saturated heterocycles. The molecule has 2 atom stereocenters. The number of carbonyl (C=O) groups is 2. The Morgan fingerprint density at radius 2 is 2.19 bits per heavy atom. The topological polar surface area (TPSA) is 112 Å². The molecule has 148 valence electrons. The lowest BCUT2D eigenvalue weighted by molar-refractivity contribution is -0.128. The Kier molecular flexibility index (Phi) is 6.99. The van der Waals surface area contributed by atoms with Gasteiger partial charge in [0.15, 0.2) is 0 Å². The fourth-order valence-electron chi connectivity index (χ4n) is 3.22. The monoisotopic (exact) mass is 378 g/mol. The zero-order valence-electron chi connectivity index (χ0n) is 15.1. The molecule has 9 nitrogen and oxygen atoms in total. The Morgan fingerprint density at radius 3 is 2.96 bits per heavy atom. The van der Waals surface area contributed by atoms with E-state index in [1.165, 1.54) is 0 Å². The summed E-state index contributed by atoms with van der Waals surface area (Å²) in [4.78, 5) is 26.6. The number of rotatable bonds is 7. The average Bonchev–Trinajstić information content (AvgIpc) is 2.67. The minimum absolute atomic E-state index is 0.0672. The van der Waals surface area contributed by atoms with E-state index in [1.54, 1.807) is 24.3 Å². The van der Waals surface area contributed by atoms with E-state index in [9.17, 15) is 9.59 Å². The van der Waals surface area contributed by atoms with Crippen molar-refractivity contribution in [1.29, 1.82) is 0 Å². The number of nitrogens with zero attached hydrogens (tertiary/aromatic N) is 1. The summed E-state index contributed by atoms with van der Waals surface area (Å²) in [5, 5.41) is 17.8. The number of morpholine rings is 1. The Morgan fingerprint density at radius 1 is 1.37 bits per heavy atom. The summed E-state index contributed by atoms with van der Waals surface area (Å²) >= 11 is 0. The van der Waals surface area contributed by atoms with Crippen molar-refractivity contribution in [2.45, 2.75) is 25.2 Å². The van der Waals surface area contributed by atoms with Gasteiger partial charge in [-0.15, -0.1) is 0 Å². The maximum Gasteiger partial charge on any atom is 0.227 e. The van der Waals surface area contributed by atoms with Crippen molar-refractivity contribution in [3.8, 4) is 5.75 Å². The fraction of sp³-hybridized carbons (Fsp3) is 0.556. The predicted octanol–water partition coefficient (Wildman–Crippen LogP) is -0.520. The third kappa shape index (κ3) is 5.90. The number of amides is 2. The SMILES string of the molecule is O=C(CC1NC(=O)CC(N2CCOCC2)N1)Nc1cccc(OCCO)c1.